The molecule has 46 heavy (non-hydrogen) atoms. The van der Waals surface area contributed by atoms with Crippen LogP contribution in [-0.2, 0) is 6.42 Å². The maximum absolute atomic E-state index is 3.44. The van der Waals surface area contributed by atoms with E-state index in [0.717, 1.165) is 15.4 Å². The van der Waals surface area contributed by atoms with Gasteiger partial charge in [-0.2, -0.15) is 0 Å². The average Bonchev–Trinajstić information content (AvgIpc) is 3.07. The lowest BCUT2D eigenvalue weighted by atomic mass is 9.98. The second-order valence-corrected chi connectivity index (χ2v) is 12.6. The molecule has 0 atom stereocenters. The van der Waals surface area contributed by atoms with Crippen molar-refractivity contribution in [3.63, 3.8) is 0 Å². The van der Waals surface area contributed by atoms with Gasteiger partial charge in [-0.1, -0.05) is 125 Å². The SMILES string of the molecule is Brc1ccc(Br)cc1.C.C.Cc1ccc(N2c3ccccc3N(C)c3ccccc32)cc1.c1ccc2c(c1)Cc1ccccc1N2. The molecule has 0 unspecified atom stereocenters. The van der Waals surface area contributed by atoms with Crippen LogP contribution in [0.4, 0.5) is 39.8 Å². The quantitative estimate of drug-likeness (QED) is 0.181. The van der Waals surface area contributed by atoms with E-state index in [-0.39, 0.29) is 14.9 Å². The Labute approximate surface area is 291 Å². The molecule has 0 spiro atoms. The minimum absolute atomic E-state index is 0. The first kappa shape index (κ1) is 34.6. The average molecular weight is 736 g/mol. The number of hydrogen-bond acceptors (Lipinski definition) is 3. The van der Waals surface area contributed by atoms with Crippen molar-refractivity contribution in [2.75, 3.05) is 22.2 Å². The number of halogens is 2. The molecule has 3 nitrogen and oxygen atoms in total. The highest BCUT2D eigenvalue weighted by Crippen LogP contribution is 2.50. The molecule has 234 valence electrons. The molecule has 1 N–H and O–H groups in total. The van der Waals surface area contributed by atoms with Gasteiger partial charge in [-0.15, -0.1) is 0 Å². The Bertz CT molecular complexity index is 1710. The van der Waals surface area contributed by atoms with E-state index in [9.17, 15) is 0 Å². The van der Waals surface area contributed by atoms with Gasteiger partial charge in [0, 0.05) is 39.5 Å². The summed E-state index contributed by atoms with van der Waals surface area (Å²) in [6, 6.07) is 50.7. The zero-order valence-corrected chi connectivity index (χ0v) is 27.9. The lowest BCUT2D eigenvalue weighted by Gasteiger charge is -2.38. The van der Waals surface area contributed by atoms with E-state index in [4.69, 9.17) is 0 Å². The van der Waals surface area contributed by atoms with Crippen LogP contribution in [0.25, 0.3) is 0 Å². The maximum Gasteiger partial charge on any atom is 0.0699 e. The predicted molar refractivity (Wildman–Crippen MR) is 208 cm³/mol. The van der Waals surface area contributed by atoms with Crippen LogP contribution in [0.15, 0.2) is 155 Å². The van der Waals surface area contributed by atoms with Crippen LogP contribution in [0.3, 0.4) is 0 Å². The molecule has 0 aromatic heterocycles. The number of nitrogens with one attached hydrogen (secondary N) is 1. The molecule has 0 aliphatic carbocycles. The summed E-state index contributed by atoms with van der Waals surface area (Å²) < 4.78 is 2.22. The topological polar surface area (TPSA) is 18.5 Å². The maximum atomic E-state index is 3.44. The van der Waals surface area contributed by atoms with Gasteiger partial charge in [0.1, 0.15) is 0 Å². The molecule has 0 fully saturated rings. The third kappa shape index (κ3) is 7.72. The zero-order chi connectivity index (χ0) is 30.5. The van der Waals surface area contributed by atoms with Gasteiger partial charge in [-0.05, 0) is 90.8 Å². The van der Waals surface area contributed by atoms with E-state index in [0.29, 0.717) is 0 Å². The van der Waals surface area contributed by atoms with Gasteiger partial charge in [0.15, 0.2) is 0 Å². The normalized spacial score (nSPS) is 11.6. The van der Waals surface area contributed by atoms with Crippen LogP contribution in [0.5, 0.6) is 0 Å². The van der Waals surface area contributed by atoms with Gasteiger partial charge in [-0.25, -0.2) is 0 Å². The molecule has 0 radical (unpaired) electrons. The first-order chi connectivity index (χ1) is 21.5. The Balaban J connectivity index is 0.000000172. The van der Waals surface area contributed by atoms with E-state index >= 15 is 0 Å². The Morgan fingerprint density at radius 3 is 1.35 bits per heavy atom. The summed E-state index contributed by atoms with van der Waals surface area (Å²) in [5.41, 5.74) is 12.6. The Morgan fingerprint density at radius 1 is 0.500 bits per heavy atom. The van der Waals surface area contributed by atoms with E-state index in [1.807, 2.05) is 24.3 Å². The minimum Gasteiger partial charge on any atom is -0.355 e. The Hall–Kier alpha value is -4.32. The molecule has 6 aromatic rings. The van der Waals surface area contributed by atoms with Crippen molar-refractivity contribution < 1.29 is 0 Å². The summed E-state index contributed by atoms with van der Waals surface area (Å²) in [4.78, 5) is 4.60. The van der Waals surface area contributed by atoms with Crippen LogP contribution in [0.1, 0.15) is 31.5 Å². The first-order valence-corrected chi connectivity index (χ1v) is 16.2. The van der Waals surface area contributed by atoms with Gasteiger partial charge in [0.25, 0.3) is 0 Å². The van der Waals surface area contributed by atoms with E-state index < -0.39 is 0 Å². The van der Waals surface area contributed by atoms with Crippen LogP contribution in [0.2, 0.25) is 0 Å². The van der Waals surface area contributed by atoms with Gasteiger partial charge in [-0.3, -0.25) is 0 Å². The van der Waals surface area contributed by atoms with Gasteiger partial charge < -0.3 is 15.1 Å². The molecular formula is C41H41Br2N3. The second-order valence-electron chi connectivity index (χ2n) is 10.8. The molecule has 5 heteroatoms. The number of para-hydroxylation sites is 6. The standard InChI is InChI=1S/C20H18N2.C13H11N.C6H4Br2.2CH4/c1-15-11-13-16(14-12-15)22-19-9-5-3-7-17(19)21(2)18-8-4-6-10-20(18)22;1-3-7-12-10(5-1)9-11-6-2-4-8-13(11)14-12;7-5-1-2-6(8)4-3-5;;/h3-14H,1-2H3;1-8,14H,9H2;1-4H;2*1H4. The van der Waals surface area contributed by atoms with E-state index in [1.54, 1.807) is 0 Å². The predicted octanol–water partition coefficient (Wildman–Crippen LogP) is 13.4. The molecule has 0 bridgehead atoms. The summed E-state index contributed by atoms with van der Waals surface area (Å²) in [5, 5.41) is 3.44. The Morgan fingerprint density at radius 2 is 0.891 bits per heavy atom. The molecule has 2 aliphatic rings. The lowest BCUT2D eigenvalue weighted by molar-refractivity contribution is 1.13. The van der Waals surface area contributed by atoms with Crippen molar-refractivity contribution in [3.8, 4) is 0 Å². The zero-order valence-electron chi connectivity index (χ0n) is 24.7. The number of aryl methyl sites for hydroxylation is 1. The fourth-order valence-electron chi connectivity index (χ4n) is 5.48. The van der Waals surface area contributed by atoms with Crippen molar-refractivity contribution in [2.24, 2.45) is 0 Å². The van der Waals surface area contributed by atoms with E-state index in [2.05, 4.69) is 182 Å². The fraction of sp³-hybridized carbons (Fsp3) is 0.122. The molecule has 0 saturated heterocycles. The van der Waals surface area contributed by atoms with E-state index in [1.165, 1.54) is 56.5 Å². The first-order valence-electron chi connectivity index (χ1n) is 14.6. The number of fused-ring (bicyclic) bond motifs is 4. The van der Waals surface area contributed by atoms with Crippen molar-refractivity contribution >= 4 is 71.7 Å². The van der Waals surface area contributed by atoms with Crippen molar-refractivity contribution in [1.29, 1.82) is 0 Å². The van der Waals surface area contributed by atoms with Gasteiger partial charge in [0.05, 0.1) is 22.7 Å². The second kappa shape index (κ2) is 15.8. The third-order valence-corrected chi connectivity index (χ3v) is 8.81. The summed E-state index contributed by atoms with van der Waals surface area (Å²) in [7, 11) is 2.13. The van der Waals surface area contributed by atoms with Crippen LogP contribution >= 0.6 is 31.9 Å². The number of hydrogen-bond donors (Lipinski definition) is 1. The molecule has 6 aromatic carbocycles. The molecular weight excluding hydrogens is 694 g/mol. The number of nitrogens with zero attached hydrogens (tertiary/aromatic N) is 2. The van der Waals surface area contributed by atoms with Crippen LogP contribution in [-0.4, -0.2) is 7.05 Å². The summed E-state index contributed by atoms with van der Waals surface area (Å²) >= 11 is 6.65. The van der Waals surface area contributed by atoms with Gasteiger partial charge in [0.2, 0.25) is 0 Å². The number of anilines is 7. The monoisotopic (exact) mass is 733 g/mol. The molecule has 8 rings (SSSR count). The third-order valence-electron chi connectivity index (χ3n) is 7.75. The van der Waals surface area contributed by atoms with Crippen LogP contribution < -0.4 is 15.1 Å². The summed E-state index contributed by atoms with van der Waals surface area (Å²) in [6.45, 7) is 2.12. The fourth-order valence-corrected chi connectivity index (χ4v) is 6.01. The van der Waals surface area contributed by atoms with Crippen LogP contribution in [0, 0.1) is 6.92 Å². The summed E-state index contributed by atoms with van der Waals surface area (Å²) in [5.74, 6) is 0. The molecule has 2 heterocycles. The lowest BCUT2D eigenvalue weighted by Crippen LogP contribution is -2.23. The largest absolute Gasteiger partial charge is 0.355 e. The Kier molecular flexibility index (Phi) is 11.9. The number of rotatable bonds is 1. The molecule has 0 amide bonds. The highest BCUT2D eigenvalue weighted by atomic mass is 79.9. The molecule has 0 saturated carbocycles. The highest BCUT2D eigenvalue weighted by Gasteiger charge is 2.26. The van der Waals surface area contributed by atoms with Crippen molar-refractivity contribution in [2.45, 2.75) is 28.2 Å². The number of benzene rings is 6. The van der Waals surface area contributed by atoms with Crippen molar-refractivity contribution in [3.05, 3.63) is 171 Å². The highest BCUT2D eigenvalue weighted by molar-refractivity contribution is 9.11. The summed E-state index contributed by atoms with van der Waals surface area (Å²) in [6.07, 6.45) is 1.04. The van der Waals surface area contributed by atoms with Crippen molar-refractivity contribution in [1.82, 2.24) is 0 Å². The smallest absolute Gasteiger partial charge is 0.0699 e. The molecule has 2 aliphatic heterocycles. The van der Waals surface area contributed by atoms with Gasteiger partial charge >= 0.3 is 0 Å². The minimum atomic E-state index is 0.